The van der Waals surface area contributed by atoms with E-state index in [-0.39, 0.29) is 5.75 Å². The Bertz CT molecular complexity index is 628. The van der Waals surface area contributed by atoms with Crippen molar-refractivity contribution >= 4 is 5.65 Å². The summed E-state index contributed by atoms with van der Waals surface area (Å²) in [4.78, 5) is 8.27. The maximum atomic E-state index is 9.24. The van der Waals surface area contributed by atoms with Crippen molar-refractivity contribution in [1.82, 2.24) is 14.4 Å². The minimum Gasteiger partial charge on any atom is -0.508 e. The normalized spacial score (nSPS) is 10.8. The van der Waals surface area contributed by atoms with Gasteiger partial charge in [-0.3, -0.25) is 9.38 Å². The summed E-state index contributed by atoms with van der Waals surface area (Å²) < 4.78 is 1.96. The van der Waals surface area contributed by atoms with Crippen molar-refractivity contribution in [2.45, 2.75) is 0 Å². The first-order valence-corrected chi connectivity index (χ1v) is 4.91. The second-order valence-electron chi connectivity index (χ2n) is 3.49. The van der Waals surface area contributed by atoms with Crippen LogP contribution in [0.25, 0.3) is 16.9 Å². The van der Waals surface area contributed by atoms with E-state index in [1.54, 1.807) is 30.7 Å². The highest BCUT2D eigenvalue weighted by atomic mass is 16.3. The summed E-state index contributed by atoms with van der Waals surface area (Å²) in [5.41, 5.74) is 2.81. The van der Waals surface area contributed by atoms with Gasteiger partial charge in [0.05, 0.1) is 18.1 Å². The van der Waals surface area contributed by atoms with Gasteiger partial charge in [-0.15, -0.1) is 0 Å². The molecule has 1 aromatic carbocycles. The lowest BCUT2D eigenvalue weighted by Gasteiger charge is -2.01. The van der Waals surface area contributed by atoms with Crippen molar-refractivity contribution in [3.8, 4) is 17.0 Å². The number of aromatic hydroxyl groups is 1. The molecule has 0 atom stereocenters. The monoisotopic (exact) mass is 211 g/mol. The van der Waals surface area contributed by atoms with Gasteiger partial charge >= 0.3 is 0 Å². The Kier molecular flexibility index (Phi) is 1.86. The molecule has 0 bridgehead atoms. The first-order valence-electron chi connectivity index (χ1n) is 4.91. The van der Waals surface area contributed by atoms with E-state index >= 15 is 0 Å². The molecule has 4 heteroatoms. The quantitative estimate of drug-likeness (QED) is 0.670. The van der Waals surface area contributed by atoms with Gasteiger partial charge in [0.1, 0.15) is 5.75 Å². The van der Waals surface area contributed by atoms with E-state index in [0.717, 1.165) is 16.9 Å². The van der Waals surface area contributed by atoms with E-state index in [1.165, 1.54) is 0 Å². The minimum atomic E-state index is 0.263. The fourth-order valence-corrected chi connectivity index (χ4v) is 1.69. The molecule has 0 aliphatic heterocycles. The fourth-order valence-electron chi connectivity index (χ4n) is 1.69. The molecule has 0 aliphatic carbocycles. The first kappa shape index (κ1) is 8.91. The smallest absolute Gasteiger partial charge is 0.155 e. The molecular weight excluding hydrogens is 202 g/mol. The van der Waals surface area contributed by atoms with Crippen LogP contribution in [0, 0.1) is 0 Å². The van der Waals surface area contributed by atoms with Gasteiger partial charge in [-0.25, -0.2) is 4.98 Å². The van der Waals surface area contributed by atoms with Crippen LogP contribution in [-0.2, 0) is 0 Å². The standard InChI is InChI=1S/C12H9N3O/c16-10-3-1-9(2-4-10)11-7-14-12-8-13-5-6-15(11)12/h1-8,16H. The zero-order valence-electron chi connectivity index (χ0n) is 8.41. The topological polar surface area (TPSA) is 50.4 Å². The molecule has 0 saturated carbocycles. The molecule has 0 fully saturated rings. The molecule has 0 spiro atoms. The number of hydrogen-bond donors (Lipinski definition) is 1. The summed E-state index contributed by atoms with van der Waals surface area (Å²) in [6.45, 7) is 0. The number of fused-ring (bicyclic) bond motifs is 1. The highest BCUT2D eigenvalue weighted by Crippen LogP contribution is 2.22. The second-order valence-corrected chi connectivity index (χ2v) is 3.49. The predicted molar refractivity (Wildman–Crippen MR) is 60.1 cm³/mol. The van der Waals surface area contributed by atoms with Crippen LogP contribution >= 0.6 is 0 Å². The van der Waals surface area contributed by atoms with Gasteiger partial charge in [0.2, 0.25) is 0 Å². The molecule has 0 amide bonds. The van der Waals surface area contributed by atoms with E-state index < -0.39 is 0 Å². The number of nitrogens with zero attached hydrogens (tertiary/aromatic N) is 3. The van der Waals surface area contributed by atoms with Crippen molar-refractivity contribution < 1.29 is 5.11 Å². The van der Waals surface area contributed by atoms with Gasteiger partial charge in [-0.1, -0.05) is 0 Å². The molecule has 4 nitrogen and oxygen atoms in total. The SMILES string of the molecule is Oc1ccc(-c2cnc3cnccn23)cc1. The van der Waals surface area contributed by atoms with Crippen molar-refractivity contribution in [2.75, 3.05) is 0 Å². The lowest BCUT2D eigenvalue weighted by Crippen LogP contribution is -1.87. The number of phenols is 1. The molecule has 3 aromatic rings. The van der Waals surface area contributed by atoms with E-state index in [9.17, 15) is 5.11 Å². The summed E-state index contributed by atoms with van der Waals surface area (Å²) in [6, 6.07) is 7.05. The molecule has 3 rings (SSSR count). The van der Waals surface area contributed by atoms with Crippen LogP contribution in [0.4, 0.5) is 0 Å². The predicted octanol–water partition coefficient (Wildman–Crippen LogP) is 2.10. The van der Waals surface area contributed by atoms with E-state index in [2.05, 4.69) is 9.97 Å². The molecular formula is C12H9N3O. The van der Waals surface area contributed by atoms with E-state index in [1.807, 2.05) is 22.7 Å². The Balaban J connectivity index is 2.22. The van der Waals surface area contributed by atoms with E-state index in [0.29, 0.717) is 0 Å². The third kappa shape index (κ3) is 1.32. The van der Waals surface area contributed by atoms with Gasteiger partial charge < -0.3 is 5.11 Å². The first-order chi connectivity index (χ1) is 7.84. The summed E-state index contributed by atoms with van der Waals surface area (Å²) in [7, 11) is 0. The van der Waals surface area contributed by atoms with Crippen LogP contribution in [0.5, 0.6) is 5.75 Å². The molecule has 0 unspecified atom stereocenters. The third-order valence-corrected chi connectivity index (χ3v) is 2.48. The molecule has 0 aliphatic rings. The Labute approximate surface area is 91.8 Å². The Hall–Kier alpha value is -2.36. The lowest BCUT2D eigenvalue weighted by molar-refractivity contribution is 0.475. The van der Waals surface area contributed by atoms with Crippen LogP contribution in [0.3, 0.4) is 0 Å². The highest BCUT2D eigenvalue weighted by molar-refractivity contribution is 5.63. The Morgan fingerprint density at radius 3 is 2.69 bits per heavy atom. The van der Waals surface area contributed by atoms with Crippen LogP contribution in [0.1, 0.15) is 0 Å². The van der Waals surface area contributed by atoms with Gasteiger partial charge in [-0.2, -0.15) is 0 Å². The number of imidazole rings is 1. The van der Waals surface area contributed by atoms with Crippen molar-refractivity contribution in [1.29, 1.82) is 0 Å². The van der Waals surface area contributed by atoms with Crippen molar-refractivity contribution in [3.05, 3.63) is 49.1 Å². The molecule has 0 radical (unpaired) electrons. The van der Waals surface area contributed by atoms with Crippen LogP contribution < -0.4 is 0 Å². The number of phenolic OH excluding ortho intramolecular Hbond substituents is 1. The molecule has 78 valence electrons. The largest absolute Gasteiger partial charge is 0.508 e. The van der Waals surface area contributed by atoms with E-state index in [4.69, 9.17) is 0 Å². The third-order valence-electron chi connectivity index (χ3n) is 2.48. The zero-order valence-corrected chi connectivity index (χ0v) is 8.41. The summed E-state index contributed by atoms with van der Waals surface area (Å²) in [5.74, 6) is 0.263. The summed E-state index contributed by atoms with van der Waals surface area (Å²) in [5, 5.41) is 9.24. The molecule has 1 N–H and O–H groups in total. The van der Waals surface area contributed by atoms with Gasteiger partial charge in [0.15, 0.2) is 5.65 Å². The maximum absolute atomic E-state index is 9.24. The zero-order chi connectivity index (χ0) is 11.0. The maximum Gasteiger partial charge on any atom is 0.155 e. The van der Waals surface area contributed by atoms with Gasteiger partial charge in [0.25, 0.3) is 0 Å². The number of rotatable bonds is 1. The number of benzene rings is 1. The Morgan fingerprint density at radius 1 is 1.06 bits per heavy atom. The molecule has 2 aromatic heterocycles. The highest BCUT2D eigenvalue weighted by Gasteiger charge is 2.04. The summed E-state index contributed by atoms with van der Waals surface area (Å²) in [6.07, 6.45) is 7.09. The molecule has 0 saturated heterocycles. The van der Waals surface area contributed by atoms with Crippen LogP contribution in [-0.4, -0.2) is 19.5 Å². The summed E-state index contributed by atoms with van der Waals surface area (Å²) >= 11 is 0. The van der Waals surface area contributed by atoms with Gasteiger partial charge in [-0.05, 0) is 24.3 Å². The van der Waals surface area contributed by atoms with Crippen LogP contribution in [0.15, 0.2) is 49.1 Å². The van der Waals surface area contributed by atoms with Crippen molar-refractivity contribution in [3.63, 3.8) is 0 Å². The average Bonchev–Trinajstić information content (AvgIpc) is 2.74. The fraction of sp³-hybridized carbons (Fsp3) is 0. The second kappa shape index (κ2) is 3.34. The molecule has 16 heavy (non-hydrogen) atoms. The van der Waals surface area contributed by atoms with Gasteiger partial charge in [0, 0.05) is 18.0 Å². The van der Waals surface area contributed by atoms with Crippen LogP contribution in [0.2, 0.25) is 0 Å². The number of aromatic nitrogens is 3. The lowest BCUT2D eigenvalue weighted by atomic mass is 10.1. The minimum absolute atomic E-state index is 0.263. The van der Waals surface area contributed by atoms with Crippen molar-refractivity contribution in [2.24, 2.45) is 0 Å². The molecule has 2 heterocycles. The average molecular weight is 211 g/mol. The Morgan fingerprint density at radius 2 is 1.88 bits per heavy atom. The number of hydrogen-bond acceptors (Lipinski definition) is 3.